The number of benzene rings is 1. The standard InChI is InChI=1S/C17H28O/c1-4-7-10-15-14(9-6-3)12-13-17(18)16(15)11-8-5-2/h12-13,18H,4-11H2,1-3H3. The van der Waals surface area contributed by atoms with E-state index < -0.39 is 0 Å². The van der Waals surface area contributed by atoms with Gasteiger partial charge in [-0.25, -0.2) is 0 Å². The topological polar surface area (TPSA) is 20.2 Å². The van der Waals surface area contributed by atoms with Gasteiger partial charge in [0.05, 0.1) is 0 Å². The molecule has 0 heterocycles. The number of hydrogen-bond acceptors (Lipinski definition) is 1. The van der Waals surface area contributed by atoms with E-state index in [-0.39, 0.29) is 0 Å². The lowest BCUT2D eigenvalue weighted by Gasteiger charge is -2.16. The summed E-state index contributed by atoms with van der Waals surface area (Å²) in [5.41, 5.74) is 4.11. The van der Waals surface area contributed by atoms with Crippen LogP contribution in [0.4, 0.5) is 0 Å². The van der Waals surface area contributed by atoms with Crippen LogP contribution in [0.3, 0.4) is 0 Å². The summed E-state index contributed by atoms with van der Waals surface area (Å²) in [6.45, 7) is 6.66. The largest absolute Gasteiger partial charge is 0.508 e. The highest BCUT2D eigenvalue weighted by Crippen LogP contribution is 2.28. The van der Waals surface area contributed by atoms with Crippen LogP contribution in [0, 0.1) is 0 Å². The minimum Gasteiger partial charge on any atom is -0.508 e. The number of phenolic OH excluding ortho intramolecular Hbond substituents is 1. The molecule has 1 heteroatoms. The Morgan fingerprint density at radius 3 is 1.94 bits per heavy atom. The van der Waals surface area contributed by atoms with Crippen molar-refractivity contribution in [2.45, 2.75) is 72.1 Å². The molecule has 102 valence electrons. The monoisotopic (exact) mass is 248 g/mol. The van der Waals surface area contributed by atoms with Gasteiger partial charge >= 0.3 is 0 Å². The van der Waals surface area contributed by atoms with Gasteiger partial charge in [-0.2, -0.15) is 0 Å². The molecule has 0 aliphatic rings. The van der Waals surface area contributed by atoms with Gasteiger partial charge in [-0.3, -0.25) is 0 Å². The molecule has 0 amide bonds. The lowest BCUT2D eigenvalue weighted by atomic mass is 9.91. The van der Waals surface area contributed by atoms with Gasteiger partial charge in [0.25, 0.3) is 0 Å². The van der Waals surface area contributed by atoms with E-state index in [1.54, 1.807) is 0 Å². The average molecular weight is 248 g/mol. The van der Waals surface area contributed by atoms with E-state index in [4.69, 9.17) is 0 Å². The highest BCUT2D eigenvalue weighted by molar-refractivity contribution is 5.45. The number of phenols is 1. The second-order valence-corrected chi connectivity index (χ2v) is 5.16. The lowest BCUT2D eigenvalue weighted by molar-refractivity contribution is 0.465. The lowest BCUT2D eigenvalue weighted by Crippen LogP contribution is -2.01. The predicted molar refractivity (Wildman–Crippen MR) is 79.3 cm³/mol. The Hall–Kier alpha value is -0.980. The zero-order valence-corrected chi connectivity index (χ0v) is 12.3. The van der Waals surface area contributed by atoms with Gasteiger partial charge in [-0.05, 0) is 54.9 Å². The van der Waals surface area contributed by atoms with E-state index in [9.17, 15) is 5.11 Å². The predicted octanol–water partition coefficient (Wildman–Crippen LogP) is 5.03. The third kappa shape index (κ3) is 4.04. The van der Waals surface area contributed by atoms with Crippen LogP contribution >= 0.6 is 0 Å². The quantitative estimate of drug-likeness (QED) is 0.684. The van der Waals surface area contributed by atoms with Gasteiger partial charge in [0.2, 0.25) is 0 Å². The Morgan fingerprint density at radius 1 is 0.778 bits per heavy atom. The molecular formula is C17H28O. The highest BCUT2D eigenvalue weighted by Gasteiger charge is 2.11. The molecule has 0 aromatic heterocycles. The Labute approximate surface area is 112 Å². The molecule has 1 aromatic carbocycles. The molecule has 0 fully saturated rings. The van der Waals surface area contributed by atoms with Crippen LogP contribution in [-0.4, -0.2) is 5.11 Å². The minimum atomic E-state index is 0.509. The van der Waals surface area contributed by atoms with Gasteiger partial charge in [-0.1, -0.05) is 46.1 Å². The molecule has 0 saturated heterocycles. The van der Waals surface area contributed by atoms with Crippen molar-refractivity contribution in [1.82, 2.24) is 0 Å². The summed E-state index contributed by atoms with van der Waals surface area (Å²) in [5, 5.41) is 10.1. The summed E-state index contributed by atoms with van der Waals surface area (Å²) in [5.74, 6) is 0.509. The molecular weight excluding hydrogens is 220 g/mol. The Kier molecular flexibility index (Phi) is 6.85. The summed E-state index contributed by atoms with van der Waals surface area (Å²) in [6, 6.07) is 4.02. The van der Waals surface area contributed by atoms with Gasteiger partial charge in [0, 0.05) is 0 Å². The van der Waals surface area contributed by atoms with Crippen molar-refractivity contribution >= 4 is 0 Å². The maximum absolute atomic E-state index is 10.1. The number of aromatic hydroxyl groups is 1. The van der Waals surface area contributed by atoms with Gasteiger partial charge in [0.15, 0.2) is 0 Å². The fourth-order valence-corrected chi connectivity index (χ4v) is 2.53. The maximum atomic E-state index is 10.1. The van der Waals surface area contributed by atoms with Crippen molar-refractivity contribution in [3.63, 3.8) is 0 Å². The normalized spacial score (nSPS) is 10.8. The molecule has 0 aliphatic carbocycles. The summed E-state index contributed by atoms with van der Waals surface area (Å²) < 4.78 is 0. The maximum Gasteiger partial charge on any atom is 0.119 e. The zero-order chi connectivity index (χ0) is 13.4. The number of aryl methyl sites for hydroxylation is 1. The van der Waals surface area contributed by atoms with Crippen LogP contribution in [0.1, 0.15) is 69.6 Å². The minimum absolute atomic E-state index is 0.509. The molecule has 1 N–H and O–H groups in total. The van der Waals surface area contributed by atoms with Gasteiger partial charge < -0.3 is 5.11 Å². The first kappa shape index (κ1) is 15.1. The van der Waals surface area contributed by atoms with E-state index in [1.807, 2.05) is 6.07 Å². The fraction of sp³-hybridized carbons (Fsp3) is 0.647. The average Bonchev–Trinajstić information content (AvgIpc) is 2.38. The van der Waals surface area contributed by atoms with Crippen molar-refractivity contribution < 1.29 is 5.11 Å². The van der Waals surface area contributed by atoms with E-state index in [2.05, 4.69) is 26.8 Å². The first-order valence-corrected chi connectivity index (χ1v) is 7.57. The van der Waals surface area contributed by atoms with Crippen molar-refractivity contribution in [3.8, 4) is 5.75 Å². The molecule has 0 spiro atoms. The van der Waals surface area contributed by atoms with E-state index in [1.165, 1.54) is 48.8 Å². The molecule has 0 saturated carbocycles. The number of rotatable bonds is 8. The summed E-state index contributed by atoms with van der Waals surface area (Å²) in [4.78, 5) is 0. The smallest absolute Gasteiger partial charge is 0.119 e. The molecule has 1 aromatic rings. The van der Waals surface area contributed by atoms with Crippen molar-refractivity contribution in [1.29, 1.82) is 0 Å². The second kappa shape index (κ2) is 8.18. The molecule has 1 rings (SSSR count). The van der Waals surface area contributed by atoms with Crippen molar-refractivity contribution in [3.05, 3.63) is 28.8 Å². The zero-order valence-electron chi connectivity index (χ0n) is 12.3. The third-order valence-electron chi connectivity index (χ3n) is 3.58. The first-order valence-electron chi connectivity index (χ1n) is 7.57. The van der Waals surface area contributed by atoms with Crippen molar-refractivity contribution in [2.75, 3.05) is 0 Å². The molecule has 0 atom stereocenters. The second-order valence-electron chi connectivity index (χ2n) is 5.16. The first-order chi connectivity index (χ1) is 8.74. The summed E-state index contributed by atoms with van der Waals surface area (Å²) in [7, 11) is 0. The molecule has 0 unspecified atom stereocenters. The van der Waals surface area contributed by atoms with Gasteiger partial charge in [-0.15, -0.1) is 0 Å². The molecule has 18 heavy (non-hydrogen) atoms. The van der Waals surface area contributed by atoms with E-state index in [0.717, 1.165) is 19.3 Å². The molecule has 0 radical (unpaired) electrons. The SMILES string of the molecule is CCCCc1c(O)ccc(CCC)c1CCCC. The Balaban J connectivity index is 3.04. The van der Waals surface area contributed by atoms with Crippen LogP contribution in [0.5, 0.6) is 5.75 Å². The third-order valence-corrected chi connectivity index (χ3v) is 3.58. The van der Waals surface area contributed by atoms with Crippen LogP contribution in [-0.2, 0) is 19.3 Å². The number of unbranched alkanes of at least 4 members (excludes halogenated alkanes) is 2. The summed E-state index contributed by atoms with van der Waals surface area (Å²) >= 11 is 0. The fourth-order valence-electron chi connectivity index (χ4n) is 2.53. The molecule has 0 aliphatic heterocycles. The molecule has 1 nitrogen and oxygen atoms in total. The Morgan fingerprint density at radius 2 is 1.39 bits per heavy atom. The highest BCUT2D eigenvalue weighted by atomic mass is 16.3. The number of hydrogen-bond donors (Lipinski definition) is 1. The van der Waals surface area contributed by atoms with Crippen LogP contribution in [0.2, 0.25) is 0 Å². The van der Waals surface area contributed by atoms with Crippen LogP contribution in [0.15, 0.2) is 12.1 Å². The van der Waals surface area contributed by atoms with E-state index in [0.29, 0.717) is 5.75 Å². The van der Waals surface area contributed by atoms with Crippen molar-refractivity contribution in [2.24, 2.45) is 0 Å². The Bertz CT molecular complexity index is 355. The van der Waals surface area contributed by atoms with Crippen LogP contribution < -0.4 is 0 Å². The molecule has 0 bridgehead atoms. The van der Waals surface area contributed by atoms with E-state index >= 15 is 0 Å². The van der Waals surface area contributed by atoms with Crippen LogP contribution in [0.25, 0.3) is 0 Å². The summed E-state index contributed by atoms with van der Waals surface area (Å²) in [6.07, 6.45) is 9.26. The van der Waals surface area contributed by atoms with Gasteiger partial charge in [0.1, 0.15) is 5.75 Å².